The van der Waals surface area contributed by atoms with Crippen molar-refractivity contribution < 1.29 is 19.1 Å². The molecule has 2 fully saturated rings. The lowest BCUT2D eigenvalue weighted by atomic mass is 9.93. The molecule has 0 radical (unpaired) electrons. The molecule has 2 aromatic rings. The van der Waals surface area contributed by atoms with Crippen molar-refractivity contribution in [3.8, 4) is 5.75 Å². The minimum absolute atomic E-state index is 0.0154. The first-order valence-electron chi connectivity index (χ1n) is 10.1. The summed E-state index contributed by atoms with van der Waals surface area (Å²) in [5.41, 5.74) is 1.89. The predicted octanol–water partition coefficient (Wildman–Crippen LogP) is 2.34. The molecular weight excluding hydrogens is 384 g/mol. The van der Waals surface area contributed by atoms with E-state index in [0.717, 1.165) is 23.4 Å². The second kappa shape index (κ2) is 9.13. The highest BCUT2D eigenvalue weighted by Gasteiger charge is 2.32. The lowest BCUT2D eigenvalue weighted by Gasteiger charge is -2.39. The monoisotopic (exact) mass is 410 g/mol. The highest BCUT2D eigenvalue weighted by atomic mass is 16.5. The largest absolute Gasteiger partial charge is 0.489 e. The fourth-order valence-corrected chi connectivity index (χ4v) is 3.75. The van der Waals surface area contributed by atoms with Crippen LogP contribution in [0.15, 0.2) is 48.8 Å². The molecule has 3 amide bonds. The Balaban J connectivity index is 1.22. The van der Waals surface area contributed by atoms with Gasteiger partial charge >= 0.3 is 6.03 Å². The third kappa shape index (κ3) is 4.71. The Hall–Kier alpha value is -3.13. The smallest absolute Gasteiger partial charge is 0.321 e. The van der Waals surface area contributed by atoms with Gasteiger partial charge in [-0.3, -0.25) is 9.78 Å². The number of hydrogen-bond acceptors (Lipinski definition) is 5. The molecule has 3 heterocycles. The standard InChI is InChI=1S/C22H26N4O4/c1-29-15-21(27)25-10-8-20(14-25)30-19-6-4-18(5-7-19)24-22(28)26-12-17(13-26)16-3-2-9-23-11-16/h2-7,9,11,17,20H,8,10,12-15H2,1H3,(H,24,28)/t20-/m1/s1. The molecule has 0 unspecified atom stereocenters. The summed E-state index contributed by atoms with van der Waals surface area (Å²) in [4.78, 5) is 32.0. The number of methoxy groups -OCH3 is 1. The van der Waals surface area contributed by atoms with Crippen LogP contribution in [-0.4, -0.2) is 72.7 Å². The number of nitrogens with one attached hydrogen (secondary N) is 1. The summed E-state index contributed by atoms with van der Waals surface area (Å²) in [5, 5.41) is 2.92. The van der Waals surface area contributed by atoms with Gasteiger partial charge in [-0.05, 0) is 35.9 Å². The Kier molecular flexibility index (Phi) is 6.13. The number of pyridine rings is 1. The summed E-state index contributed by atoms with van der Waals surface area (Å²) < 4.78 is 10.9. The Morgan fingerprint density at radius 3 is 2.63 bits per heavy atom. The van der Waals surface area contributed by atoms with Gasteiger partial charge in [0, 0.05) is 57.2 Å². The number of likely N-dealkylation sites (tertiary alicyclic amines) is 2. The topological polar surface area (TPSA) is 84.0 Å². The van der Waals surface area contributed by atoms with Crippen LogP contribution in [0.5, 0.6) is 5.75 Å². The summed E-state index contributed by atoms with van der Waals surface area (Å²) in [6.07, 6.45) is 4.37. The van der Waals surface area contributed by atoms with Crippen molar-refractivity contribution in [2.24, 2.45) is 0 Å². The normalized spacial score (nSPS) is 18.8. The number of carbonyl (C=O) groups is 2. The second-order valence-corrected chi connectivity index (χ2v) is 7.64. The van der Waals surface area contributed by atoms with Gasteiger partial charge in [-0.15, -0.1) is 0 Å². The Morgan fingerprint density at radius 1 is 1.13 bits per heavy atom. The molecule has 8 nitrogen and oxygen atoms in total. The van der Waals surface area contributed by atoms with E-state index in [9.17, 15) is 9.59 Å². The first-order chi connectivity index (χ1) is 14.6. The molecule has 4 rings (SSSR count). The Labute approximate surface area is 175 Å². The number of benzene rings is 1. The van der Waals surface area contributed by atoms with Crippen molar-refractivity contribution in [2.75, 3.05) is 45.2 Å². The number of amides is 3. The summed E-state index contributed by atoms with van der Waals surface area (Å²) in [6, 6.07) is 11.2. The second-order valence-electron chi connectivity index (χ2n) is 7.64. The van der Waals surface area contributed by atoms with Gasteiger partial charge in [0.15, 0.2) is 0 Å². The van der Waals surface area contributed by atoms with Gasteiger partial charge in [-0.1, -0.05) is 6.07 Å². The van der Waals surface area contributed by atoms with E-state index in [0.29, 0.717) is 32.1 Å². The van der Waals surface area contributed by atoms with Crippen LogP contribution in [0.2, 0.25) is 0 Å². The summed E-state index contributed by atoms with van der Waals surface area (Å²) in [7, 11) is 1.52. The Bertz CT molecular complexity index is 868. The molecule has 2 aliphatic heterocycles. The molecule has 2 saturated heterocycles. The third-order valence-corrected chi connectivity index (χ3v) is 5.50. The van der Waals surface area contributed by atoms with Crippen molar-refractivity contribution >= 4 is 17.6 Å². The van der Waals surface area contributed by atoms with Crippen molar-refractivity contribution in [1.29, 1.82) is 0 Å². The van der Waals surface area contributed by atoms with Gasteiger partial charge < -0.3 is 24.6 Å². The highest BCUT2D eigenvalue weighted by molar-refractivity contribution is 5.90. The number of rotatable bonds is 6. The number of hydrogen-bond donors (Lipinski definition) is 1. The number of carbonyl (C=O) groups excluding carboxylic acids is 2. The first-order valence-corrected chi connectivity index (χ1v) is 10.1. The van der Waals surface area contributed by atoms with Crippen molar-refractivity contribution in [1.82, 2.24) is 14.8 Å². The molecule has 1 aromatic carbocycles. The molecule has 1 aromatic heterocycles. The van der Waals surface area contributed by atoms with Crippen LogP contribution < -0.4 is 10.1 Å². The van der Waals surface area contributed by atoms with Gasteiger partial charge in [-0.25, -0.2) is 4.79 Å². The molecule has 2 aliphatic rings. The minimum atomic E-state index is -0.105. The molecular formula is C22H26N4O4. The van der Waals surface area contributed by atoms with E-state index >= 15 is 0 Å². The SMILES string of the molecule is COCC(=O)N1CC[C@@H](Oc2ccc(NC(=O)N3CC(c4cccnc4)C3)cc2)C1. The number of urea groups is 1. The molecule has 1 atom stereocenters. The third-order valence-electron chi connectivity index (χ3n) is 5.50. The first kappa shape index (κ1) is 20.2. The summed E-state index contributed by atoms with van der Waals surface area (Å²) >= 11 is 0. The summed E-state index contributed by atoms with van der Waals surface area (Å²) in [6.45, 7) is 2.73. The van der Waals surface area contributed by atoms with Gasteiger partial charge in [-0.2, -0.15) is 0 Å². The molecule has 0 spiro atoms. The molecule has 0 bridgehead atoms. The zero-order valence-corrected chi connectivity index (χ0v) is 17.0. The number of anilines is 1. The van der Waals surface area contributed by atoms with E-state index in [2.05, 4.69) is 10.3 Å². The molecule has 0 saturated carbocycles. The zero-order chi connectivity index (χ0) is 20.9. The molecule has 158 valence electrons. The molecule has 0 aliphatic carbocycles. The Morgan fingerprint density at radius 2 is 1.93 bits per heavy atom. The minimum Gasteiger partial charge on any atom is -0.489 e. The van der Waals surface area contributed by atoms with E-state index < -0.39 is 0 Å². The predicted molar refractivity (Wildman–Crippen MR) is 112 cm³/mol. The summed E-state index contributed by atoms with van der Waals surface area (Å²) in [5.74, 6) is 1.06. The lowest BCUT2D eigenvalue weighted by Crippen LogP contribution is -2.50. The molecule has 8 heteroatoms. The fraction of sp³-hybridized carbons (Fsp3) is 0.409. The number of nitrogens with zero attached hydrogens (tertiary/aromatic N) is 3. The van der Waals surface area contributed by atoms with Gasteiger partial charge in [0.25, 0.3) is 0 Å². The van der Waals surface area contributed by atoms with Crippen LogP contribution in [0.4, 0.5) is 10.5 Å². The van der Waals surface area contributed by atoms with Gasteiger partial charge in [0.1, 0.15) is 18.5 Å². The number of ether oxygens (including phenoxy) is 2. The van der Waals surface area contributed by atoms with Gasteiger partial charge in [0.2, 0.25) is 5.91 Å². The van der Waals surface area contributed by atoms with Crippen LogP contribution in [0, 0.1) is 0 Å². The van der Waals surface area contributed by atoms with Gasteiger partial charge in [0.05, 0.1) is 6.54 Å². The average molecular weight is 410 g/mol. The van der Waals surface area contributed by atoms with E-state index in [1.807, 2.05) is 42.6 Å². The molecule has 1 N–H and O–H groups in total. The average Bonchev–Trinajstić information content (AvgIpc) is 3.18. The fourth-order valence-electron chi connectivity index (χ4n) is 3.75. The van der Waals surface area contributed by atoms with Crippen LogP contribution in [-0.2, 0) is 9.53 Å². The quantitative estimate of drug-likeness (QED) is 0.790. The van der Waals surface area contributed by atoms with Crippen LogP contribution in [0.1, 0.15) is 17.9 Å². The zero-order valence-electron chi connectivity index (χ0n) is 17.0. The van der Waals surface area contributed by atoms with Crippen LogP contribution in [0.25, 0.3) is 0 Å². The molecule has 30 heavy (non-hydrogen) atoms. The van der Waals surface area contributed by atoms with E-state index in [1.165, 1.54) is 7.11 Å². The van der Waals surface area contributed by atoms with Crippen LogP contribution in [0.3, 0.4) is 0 Å². The van der Waals surface area contributed by atoms with E-state index in [1.54, 1.807) is 16.0 Å². The highest BCUT2D eigenvalue weighted by Crippen LogP contribution is 2.27. The number of aromatic nitrogens is 1. The van der Waals surface area contributed by atoms with E-state index in [-0.39, 0.29) is 24.6 Å². The maximum absolute atomic E-state index is 12.4. The van der Waals surface area contributed by atoms with Crippen molar-refractivity contribution in [3.05, 3.63) is 54.4 Å². The maximum atomic E-state index is 12.4. The van der Waals surface area contributed by atoms with Crippen LogP contribution >= 0.6 is 0 Å². The van der Waals surface area contributed by atoms with E-state index in [4.69, 9.17) is 9.47 Å². The maximum Gasteiger partial charge on any atom is 0.321 e. The van der Waals surface area contributed by atoms with Crippen molar-refractivity contribution in [2.45, 2.75) is 18.4 Å². The lowest BCUT2D eigenvalue weighted by molar-refractivity contribution is -0.134. The van der Waals surface area contributed by atoms with Crippen molar-refractivity contribution in [3.63, 3.8) is 0 Å².